The lowest BCUT2D eigenvalue weighted by Crippen LogP contribution is -2.53. The highest BCUT2D eigenvalue weighted by atomic mass is 35.5. The van der Waals surface area contributed by atoms with E-state index in [9.17, 15) is 9.59 Å². The topological polar surface area (TPSA) is 128 Å². The maximum Gasteiger partial charge on any atom is 0.243 e. The van der Waals surface area contributed by atoms with E-state index >= 15 is 4.39 Å². The van der Waals surface area contributed by atoms with Crippen molar-refractivity contribution in [2.75, 3.05) is 56.8 Å². The fourth-order valence-electron chi connectivity index (χ4n) is 5.88. The van der Waals surface area contributed by atoms with Crippen LogP contribution >= 0.6 is 22.9 Å². The van der Waals surface area contributed by atoms with Crippen LogP contribution < -0.4 is 15.9 Å². The molecule has 2 saturated heterocycles. The van der Waals surface area contributed by atoms with Gasteiger partial charge < -0.3 is 9.64 Å². The summed E-state index contributed by atoms with van der Waals surface area (Å²) in [7, 11) is 2.04. The second kappa shape index (κ2) is 16.0. The van der Waals surface area contributed by atoms with Crippen molar-refractivity contribution in [1.29, 1.82) is 0 Å². The van der Waals surface area contributed by atoms with Crippen LogP contribution in [0, 0.1) is 17.7 Å². The molecule has 0 bridgehead atoms. The molecule has 2 aliphatic heterocycles. The molecule has 5 rings (SSSR count). The van der Waals surface area contributed by atoms with E-state index < -0.39 is 23.9 Å². The number of likely N-dealkylation sites (N-methyl/N-ethyl adjacent to an activating group) is 1. The zero-order chi connectivity index (χ0) is 30.9. The van der Waals surface area contributed by atoms with Crippen LogP contribution in [0.25, 0.3) is 0 Å². The Morgan fingerprint density at radius 1 is 1.23 bits per heavy atom. The number of piperazine rings is 1. The minimum atomic E-state index is -0.759. The van der Waals surface area contributed by atoms with E-state index in [2.05, 4.69) is 30.7 Å². The predicted molar refractivity (Wildman–Crippen MR) is 164 cm³/mol. The third kappa shape index (κ3) is 8.95. The Labute approximate surface area is 265 Å². The van der Waals surface area contributed by atoms with Crippen LogP contribution in [0.15, 0.2) is 11.6 Å². The van der Waals surface area contributed by atoms with E-state index in [-0.39, 0.29) is 23.5 Å². The number of hydroxylamine groups is 2. The molecule has 1 saturated carbocycles. The summed E-state index contributed by atoms with van der Waals surface area (Å²) in [6.07, 6.45) is 9.15. The summed E-state index contributed by atoms with van der Waals surface area (Å²) in [6, 6.07) is 0. The number of hydrazine groups is 2. The summed E-state index contributed by atoms with van der Waals surface area (Å²) < 4.78 is 21.7. The van der Waals surface area contributed by atoms with Gasteiger partial charge in [0, 0.05) is 50.8 Å². The Hall–Kier alpha value is -2.69. The molecule has 0 spiro atoms. The van der Waals surface area contributed by atoms with E-state index in [1.54, 1.807) is 11.2 Å². The highest BCUT2D eigenvalue weighted by Crippen LogP contribution is 2.32. The molecular weight excluding hydrogens is 613 g/mol. The molecule has 1 unspecified atom stereocenters. The van der Waals surface area contributed by atoms with Gasteiger partial charge in [0.1, 0.15) is 5.01 Å². The SMILES string of the molecule is CN1CCN(N(Cc2nccs2)c2nc(Cl)nc(NNC(=O)[C@@H](CC3CCCC3)CN(C=O)OC3CCCCO3)c2F)CC1. The molecule has 2 atom stereocenters. The van der Waals surface area contributed by atoms with E-state index in [4.69, 9.17) is 21.2 Å². The van der Waals surface area contributed by atoms with Gasteiger partial charge in [-0.05, 0) is 43.8 Å². The van der Waals surface area contributed by atoms with Crippen molar-refractivity contribution in [3.63, 3.8) is 0 Å². The Kier molecular flexibility index (Phi) is 11.9. The highest BCUT2D eigenvalue weighted by molar-refractivity contribution is 7.09. The summed E-state index contributed by atoms with van der Waals surface area (Å²) >= 11 is 7.76. The fraction of sp³-hybridized carbons (Fsp3) is 0.679. The fourth-order valence-corrected chi connectivity index (χ4v) is 6.64. The van der Waals surface area contributed by atoms with Gasteiger partial charge >= 0.3 is 0 Å². The summed E-state index contributed by atoms with van der Waals surface area (Å²) in [5.74, 6) is -1.70. The first kappa shape index (κ1) is 32.7. The zero-order valence-corrected chi connectivity index (χ0v) is 26.6. The molecule has 44 heavy (non-hydrogen) atoms. The lowest BCUT2D eigenvalue weighted by molar-refractivity contribution is -0.276. The lowest BCUT2D eigenvalue weighted by atomic mass is 9.92. The van der Waals surface area contributed by atoms with Crippen LogP contribution in [-0.2, 0) is 25.7 Å². The molecule has 242 valence electrons. The molecule has 2 amide bonds. The van der Waals surface area contributed by atoms with Gasteiger partial charge in [0.05, 0.1) is 19.0 Å². The number of thiazole rings is 1. The third-order valence-corrected chi connectivity index (χ3v) is 9.25. The molecule has 3 aliphatic rings. The van der Waals surface area contributed by atoms with E-state index in [1.165, 1.54) is 11.3 Å². The van der Waals surface area contributed by atoms with Gasteiger partial charge in [-0.15, -0.1) is 11.3 Å². The number of hydrogen-bond acceptors (Lipinski definition) is 12. The number of aromatic nitrogens is 3. The lowest BCUT2D eigenvalue weighted by Gasteiger charge is -2.40. The van der Waals surface area contributed by atoms with Crippen LogP contribution in [0.2, 0.25) is 5.28 Å². The van der Waals surface area contributed by atoms with Gasteiger partial charge in [0.25, 0.3) is 0 Å². The molecule has 0 aromatic carbocycles. The first-order valence-electron chi connectivity index (χ1n) is 15.3. The van der Waals surface area contributed by atoms with Crippen molar-refractivity contribution in [2.45, 2.75) is 64.2 Å². The molecule has 2 aromatic rings. The molecular formula is C28H41ClFN9O4S. The summed E-state index contributed by atoms with van der Waals surface area (Å²) in [5, 5.41) is 7.37. The Morgan fingerprint density at radius 2 is 2.00 bits per heavy atom. The van der Waals surface area contributed by atoms with Crippen LogP contribution in [0.5, 0.6) is 0 Å². The molecule has 16 heteroatoms. The number of ether oxygens (including phenoxy) is 1. The van der Waals surface area contributed by atoms with Crippen LogP contribution in [-0.4, -0.2) is 94.9 Å². The van der Waals surface area contributed by atoms with E-state index in [0.29, 0.717) is 51.4 Å². The third-order valence-electron chi connectivity index (χ3n) is 8.32. The van der Waals surface area contributed by atoms with Gasteiger partial charge in [-0.2, -0.15) is 14.4 Å². The summed E-state index contributed by atoms with van der Waals surface area (Å²) in [6.45, 7) is 3.82. The normalized spacial score (nSPS) is 20.8. The van der Waals surface area contributed by atoms with Gasteiger partial charge in [-0.25, -0.2) is 19.9 Å². The smallest absolute Gasteiger partial charge is 0.243 e. The molecule has 2 N–H and O–H groups in total. The first-order chi connectivity index (χ1) is 21.4. The Balaban J connectivity index is 1.30. The number of nitrogens with zero attached hydrogens (tertiary/aromatic N) is 7. The first-order valence-corrected chi connectivity index (χ1v) is 16.5. The standard InChI is InChI=1S/C28H41ClFN9O4S/c1-36-10-12-37(13-11-36)39(18-22-31-9-15-44-22)26-24(30)25(32-28(29)33-26)34-35-27(41)21(16-20-6-2-3-7-20)17-38(19-40)43-23-8-4-5-14-42-23/h9,15,19-21,23H,2-8,10-14,16-18H2,1H3,(H,35,41)(H,32,33,34)/t21-,23?/m0/s1. The van der Waals surface area contributed by atoms with Crippen LogP contribution in [0.3, 0.4) is 0 Å². The van der Waals surface area contributed by atoms with Crippen molar-refractivity contribution in [1.82, 2.24) is 35.3 Å². The Morgan fingerprint density at radius 3 is 2.68 bits per heavy atom. The van der Waals surface area contributed by atoms with Crippen molar-refractivity contribution in [3.8, 4) is 0 Å². The van der Waals surface area contributed by atoms with E-state index in [1.807, 2.05) is 17.4 Å². The number of halogens is 2. The number of carbonyl (C=O) groups is 2. The molecule has 1 aliphatic carbocycles. The largest absolute Gasteiger partial charge is 0.350 e. The second-order valence-electron chi connectivity index (χ2n) is 11.5. The molecule has 4 heterocycles. The van der Waals surface area contributed by atoms with Gasteiger partial charge in [0.15, 0.2) is 17.9 Å². The van der Waals surface area contributed by atoms with Crippen molar-refractivity contribution in [2.24, 2.45) is 11.8 Å². The van der Waals surface area contributed by atoms with Crippen molar-refractivity contribution < 1.29 is 23.6 Å². The maximum absolute atomic E-state index is 16.1. The number of rotatable bonds is 14. The second-order valence-corrected chi connectivity index (χ2v) is 12.8. The maximum atomic E-state index is 16.1. The minimum absolute atomic E-state index is 0.0166. The highest BCUT2D eigenvalue weighted by Gasteiger charge is 2.31. The molecule has 2 aromatic heterocycles. The van der Waals surface area contributed by atoms with Gasteiger partial charge in [-0.3, -0.25) is 25.4 Å². The van der Waals surface area contributed by atoms with Gasteiger partial charge in [0.2, 0.25) is 23.4 Å². The number of anilines is 2. The van der Waals surface area contributed by atoms with E-state index in [0.717, 1.165) is 61.7 Å². The molecule has 13 nitrogen and oxygen atoms in total. The number of nitrogens with one attached hydrogen (secondary N) is 2. The summed E-state index contributed by atoms with van der Waals surface area (Å²) in [4.78, 5) is 46.0. The quantitative estimate of drug-likeness (QED) is 0.177. The molecule has 0 radical (unpaired) electrons. The van der Waals surface area contributed by atoms with Crippen molar-refractivity contribution >= 4 is 46.9 Å². The van der Waals surface area contributed by atoms with Gasteiger partial charge in [-0.1, -0.05) is 25.7 Å². The zero-order valence-electron chi connectivity index (χ0n) is 25.0. The minimum Gasteiger partial charge on any atom is -0.350 e. The monoisotopic (exact) mass is 653 g/mol. The van der Waals surface area contributed by atoms with Crippen LogP contribution in [0.1, 0.15) is 56.4 Å². The summed E-state index contributed by atoms with van der Waals surface area (Å²) in [5.41, 5.74) is 5.26. The average molecular weight is 654 g/mol. The molecule has 3 fully saturated rings. The number of amides is 2. The van der Waals surface area contributed by atoms with Crippen molar-refractivity contribution in [3.05, 3.63) is 27.7 Å². The number of carbonyl (C=O) groups excluding carboxylic acids is 2. The Bertz CT molecular complexity index is 1210. The predicted octanol–water partition coefficient (Wildman–Crippen LogP) is 3.45. The number of hydrogen-bond donors (Lipinski definition) is 2. The average Bonchev–Trinajstić information content (AvgIpc) is 3.75. The van der Waals surface area contributed by atoms with Crippen LogP contribution in [0.4, 0.5) is 16.0 Å².